The Morgan fingerprint density at radius 2 is 1.75 bits per heavy atom. The van der Waals surface area contributed by atoms with Crippen LogP contribution in [0.1, 0.15) is 55.3 Å². The summed E-state index contributed by atoms with van der Waals surface area (Å²) in [6, 6.07) is 14.6. The largest absolute Gasteiger partial charge is 0.242 e. The average Bonchev–Trinajstić information content (AvgIpc) is 3.40. The number of fused-ring (bicyclic) bond motifs is 1. The summed E-state index contributed by atoms with van der Waals surface area (Å²) in [5.74, 6) is 0. The van der Waals surface area contributed by atoms with Crippen LogP contribution < -0.4 is 0 Å². The van der Waals surface area contributed by atoms with Gasteiger partial charge in [0.2, 0.25) is 0 Å². The fourth-order valence-corrected chi connectivity index (χ4v) is 4.34. The molecule has 0 bridgehead atoms. The van der Waals surface area contributed by atoms with E-state index in [0.717, 1.165) is 27.2 Å². The second-order valence-corrected chi connectivity index (χ2v) is 7.84. The van der Waals surface area contributed by atoms with Gasteiger partial charge < -0.3 is 0 Å². The molecule has 0 unspecified atom stereocenters. The predicted molar refractivity (Wildman–Crippen MR) is 108 cm³/mol. The van der Waals surface area contributed by atoms with Gasteiger partial charge in [-0.25, -0.2) is 14.3 Å². The molecule has 1 fully saturated rings. The van der Waals surface area contributed by atoms with E-state index in [1.54, 1.807) is 12.7 Å². The van der Waals surface area contributed by atoms with Gasteiger partial charge >= 0.3 is 0 Å². The van der Waals surface area contributed by atoms with Crippen LogP contribution in [0.3, 0.4) is 0 Å². The maximum Gasteiger partial charge on any atom is 0.137 e. The topological polar surface area (TPSA) is 61.4 Å². The van der Waals surface area contributed by atoms with Crippen molar-refractivity contribution in [1.29, 1.82) is 0 Å². The van der Waals surface area contributed by atoms with Crippen molar-refractivity contribution in [3.63, 3.8) is 0 Å². The number of hydrogen-bond acceptors (Lipinski definition) is 4. The van der Waals surface area contributed by atoms with Crippen LogP contribution in [0.5, 0.6) is 0 Å². The zero-order valence-electron chi connectivity index (χ0n) is 15.4. The van der Waals surface area contributed by atoms with Gasteiger partial charge in [0.15, 0.2) is 0 Å². The van der Waals surface area contributed by atoms with Gasteiger partial charge in [-0.2, -0.15) is 5.10 Å². The van der Waals surface area contributed by atoms with Crippen molar-refractivity contribution in [3.05, 3.63) is 71.3 Å². The van der Waals surface area contributed by atoms with Gasteiger partial charge in [0.25, 0.3) is 0 Å². The molecule has 142 valence electrons. The first-order valence-corrected chi connectivity index (χ1v) is 10.1. The Balaban J connectivity index is 1.61. The molecular weight excluding hydrogens is 372 g/mol. The molecule has 0 N–H and O–H groups in total. The molecule has 7 heteroatoms. The number of rotatable bonds is 4. The Morgan fingerprint density at radius 3 is 2.50 bits per heavy atom. The number of benzene rings is 2. The third-order valence-electron chi connectivity index (χ3n) is 5.62. The van der Waals surface area contributed by atoms with Gasteiger partial charge in [-0.1, -0.05) is 54.3 Å². The SMILES string of the molecule is Clc1ccc([C@@H](c2ccc3nnn(C4CCCCC4)c3c2)n2cncn2)cc1. The molecule has 1 saturated carbocycles. The number of nitrogens with zero attached hydrogens (tertiary/aromatic N) is 6. The van der Waals surface area contributed by atoms with Crippen LogP contribution in [0.15, 0.2) is 55.1 Å². The molecule has 0 radical (unpaired) electrons. The molecule has 4 aromatic rings. The van der Waals surface area contributed by atoms with Gasteiger partial charge in [-0.3, -0.25) is 0 Å². The normalized spacial score (nSPS) is 16.5. The smallest absolute Gasteiger partial charge is 0.137 e. The molecule has 0 spiro atoms. The minimum Gasteiger partial charge on any atom is -0.242 e. The summed E-state index contributed by atoms with van der Waals surface area (Å²) in [7, 11) is 0. The Kier molecular flexibility index (Phi) is 4.56. The maximum atomic E-state index is 6.10. The number of halogens is 1. The highest BCUT2D eigenvalue weighted by Gasteiger charge is 2.22. The van der Waals surface area contributed by atoms with Gasteiger partial charge in [-0.15, -0.1) is 5.10 Å². The molecule has 28 heavy (non-hydrogen) atoms. The third-order valence-corrected chi connectivity index (χ3v) is 5.87. The minimum absolute atomic E-state index is 0.0844. The second kappa shape index (κ2) is 7.36. The average molecular weight is 393 g/mol. The van der Waals surface area contributed by atoms with Gasteiger partial charge in [0.05, 0.1) is 11.6 Å². The lowest BCUT2D eigenvalue weighted by molar-refractivity contribution is 0.331. The summed E-state index contributed by atoms with van der Waals surface area (Å²) in [6.07, 6.45) is 9.50. The summed E-state index contributed by atoms with van der Waals surface area (Å²) in [5, 5.41) is 14.0. The lowest BCUT2D eigenvalue weighted by Gasteiger charge is -2.22. The molecule has 0 aliphatic heterocycles. The van der Waals surface area contributed by atoms with E-state index in [1.807, 2.05) is 28.9 Å². The molecule has 1 aliphatic carbocycles. The zero-order chi connectivity index (χ0) is 18.9. The molecule has 1 aliphatic rings. The zero-order valence-corrected chi connectivity index (χ0v) is 16.2. The van der Waals surface area contributed by atoms with E-state index in [1.165, 1.54) is 32.1 Å². The van der Waals surface area contributed by atoms with E-state index >= 15 is 0 Å². The first-order chi connectivity index (χ1) is 13.8. The van der Waals surface area contributed by atoms with E-state index in [4.69, 9.17) is 11.6 Å². The van der Waals surface area contributed by atoms with Crippen molar-refractivity contribution in [2.45, 2.75) is 44.2 Å². The highest BCUT2D eigenvalue weighted by molar-refractivity contribution is 6.30. The van der Waals surface area contributed by atoms with Gasteiger partial charge in [0.1, 0.15) is 24.2 Å². The Morgan fingerprint density at radius 1 is 0.964 bits per heavy atom. The summed E-state index contributed by atoms with van der Waals surface area (Å²) in [4.78, 5) is 4.15. The van der Waals surface area contributed by atoms with Crippen LogP contribution >= 0.6 is 11.6 Å². The van der Waals surface area contributed by atoms with Crippen LogP contribution in [0.25, 0.3) is 11.0 Å². The number of aromatic nitrogens is 6. The fourth-order valence-electron chi connectivity index (χ4n) is 4.21. The summed E-state index contributed by atoms with van der Waals surface area (Å²) in [6.45, 7) is 0. The Hall–Kier alpha value is -2.73. The lowest BCUT2D eigenvalue weighted by atomic mass is 9.95. The van der Waals surface area contributed by atoms with Crippen molar-refractivity contribution in [1.82, 2.24) is 29.8 Å². The first kappa shape index (κ1) is 17.4. The molecule has 2 heterocycles. The fraction of sp³-hybridized carbons (Fsp3) is 0.333. The highest BCUT2D eigenvalue weighted by Crippen LogP contribution is 2.32. The van der Waals surface area contributed by atoms with E-state index in [2.05, 4.69) is 43.3 Å². The molecule has 1 atom stereocenters. The molecule has 2 aromatic heterocycles. The maximum absolute atomic E-state index is 6.10. The van der Waals surface area contributed by atoms with Crippen molar-refractivity contribution >= 4 is 22.6 Å². The molecule has 0 amide bonds. The second-order valence-electron chi connectivity index (χ2n) is 7.40. The van der Waals surface area contributed by atoms with Crippen LogP contribution in [0.2, 0.25) is 5.02 Å². The summed E-state index contributed by atoms with van der Waals surface area (Å²) in [5.41, 5.74) is 4.25. The molecule has 0 saturated heterocycles. The standard InChI is InChI=1S/C21H21ClN6/c22-17-9-6-15(7-10-17)21(27-14-23-13-24-27)16-8-11-19-20(12-16)28(26-25-19)18-4-2-1-3-5-18/h6-14,18,21H,1-5H2/t21-/m0/s1. The van der Waals surface area contributed by atoms with Crippen molar-refractivity contribution in [2.24, 2.45) is 0 Å². The van der Waals surface area contributed by atoms with Crippen LogP contribution in [0, 0.1) is 0 Å². The summed E-state index contributed by atoms with van der Waals surface area (Å²) < 4.78 is 4.00. The van der Waals surface area contributed by atoms with Crippen LogP contribution in [-0.4, -0.2) is 29.8 Å². The minimum atomic E-state index is -0.0844. The number of hydrogen-bond donors (Lipinski definition) is 0. The van der Waals surface area contributed by atoms with E-state index in [-0.39, 0.29) is 6.04 Å². The third kappa shape index (κ3) is 3.18. The van der Waals surface area contributed by atoms with E-state index in [9.17, 15) is 0 Å². The quantitative estimate of drug-likeness (QED) is 0.499. The molecule has 6 nitrogen and oxygen atoms in total. The van der Waals surface area contributed by atoms with Crippen LogP contribution in [0.4, 0.5) is 0 Å². The van der Waals surface area contributed by atoms with Crippen molar-refractivity contribution in [2.75, 3.05) is 0 Å². The van der Waals surface area contributed by atoms with E-state index in [0.29, 0.717) is 6.04 Å². The predicted octanol–water partition coefficient (Wildman–Crippen LogP) is 4.82. The Bertz CT molecular complexity index is 1060. The summed E-state index contributed by atoms with van der Waals surface area (Å²) >= 11 is 6.10. The van der Waals surface area contributed by atoms with Gasteiger partial charge in [0, 0.05) is 5.02 Å². The lowest BCUT2D eigenvalue weighted by Crippen LogP contribution is -2.15. The van der Waals surface area contributed by atoms with E-state index < -0.39 is 0 Å². The van der Waals surface area contributed by atoms with Crippen molar-refractivity contribution in [3.8, 4) is 0 Å². The Labute approximate surface area is 168 Å². The molecular formula is C21H21ClN6. The highest BCUT2D eigenvalue weighted by atomic mass is 35.5. The van der Waals surface area contributed by atoms with Gasteiger partial charge in [-0.05, 0) is 48.2 Å². The monoisotopic (exact) mass is 392 g/mol. The first-order valence-electron chi connectivity index (χ1n) is 9.74. The molecule has 2 aromatic carbocycles. The van der Waals surface area contributed by atoms with Crippen LogP contribution in [-0.2, 0) is 0 Å². The molecule has 5 rings (SSSR count). The van der Waals surface area contributed by atoms with Crippen molar-refractivity contribution < 1.29 is 0 Å².